The summed E-state index contributed by atoms with van der Waals surface area (Å²) in [6, 6.07) is 11.3. The molecule has 18 heavy (non-hydrogen) atoms. The molecule has 0 amide bonds. The Kier molecular flexibility index (Phi) is 3.78. The number of hydrogen-bond acceptors (Lipinski definition) is 5. The van der Waals surface area contributed by atoms with Gasteiger partial charge in [-0.25, -0.2) is 0 Å². The summed E-state index contributed by atoms with van der Waals surface area (Å²) < 4.78 is 0. The second kappa shape index (κ2) is 5.50. The van der Waals surface area contributed by atoms with E-state index in [2.05, 4.69) is 4.98 Å². The molecule has 2 aromatic rings. The van der Waals surface area contributed by atoms with Crippen LogP contribution in [0.25, 0.3) is 0 Å². The van der Waals surface area contributed by atoms with Gasteiger partial charge in [-0.15, -0.1) is 11.8 Å². The van der Waals surface area contributed by atoms with Gasteiger partial charge in [0.2, 0.25) is 0 Å². The van der Waals surface area contributed by atoms with Crippen LogP contribution in [0.2, 0.25) is 0 Å². The molecular weight excluding hydrogens is 250 g/mol. The summed E-state index contributed by atoms with van der Waals surface area (Å²) in [5.74, 6) is 0.498. The number of nitrogen functional groups attached to an aromatic ring is 1. The van der Waals surface area contributed by atoms with Crippen molar-refractivity contribution < 1.29 is 4.92 Å². The molecule has 1 aromatic heterocycles. The number of thioether (sulfide) groups is 1. The fraction of sp³-hybridized carbons (Fsp3) is 0.0833. The predicted octanol–water partition coefficient (Wildman–Crippen LogP) is 2.86. The first-order valence-electron chi connectivity index (χ1n) is 5.23. The molecule has 1 heterocycles. The minimum absolute atomic E-state index is 0.148. The standard InChI is InChI=1S/C12H11N3O2S/c13-10-6-11(12(14-7-10)15(16)17)18-8-9-4-2-1-3-5-9/h1-7H,8,13H2. The fourth-order valence-electron chi connectivity index (χ4n) is 1.43. The highest BCUT2D eigenvalue weighted by Gasteiger charge is 2.16. The molecule has 2 rings (SSSR count). The normalized spacial score (nSPS) is 10.2. The zero-order chi connectivity index (χ0) is 13.0. The van der Waals surface area contributed by atoms with Gasteiger partial charge in [-0.1, -0.05) is 30.3 Å². The van der Waals surface area contributed by atoms with Crippen LogP contribution in [-0.2, 0) is 5.75 Å². The number of nitro groups is 1. The van der Waals surface area contributed by atoms with Crippen molar-refractivity contribution >= 4 is 23.3 Å². The van der Waals surface area contributed by atoms with Crippen molar-refractivity contribution in [3.8, 4) is 0 Å². The second-order valence-corrected chi connectivity index (χ2v) is 4.64. The number of aromatic nitrogens is 1. The van der Waals surface area contributed by atoms with Crippen LogP contribution >= 0.6 is 11.8 Å². The van der Waals surface area contributed by atoms with Gasteiger partial charge in [0.05, 0.1) is 5.69 Å². The summed E-state index contributed by atoms with van der Waals surface area (Å²) in [5, 5.41) is 10.8. The molecule has 5 nitrogen and oxygen atoms in total. The molecule has 1 aromatic carbocycles. The van der Waals surface area contributed by atoms with Gasteiger partial charge >= 0.3 is 5.82 Å². The average molecular weight is 261 g/mol. The fourth-order valence-corrected chi connectivity index (χ4v) is 2.42. The molecule has 0 atom stereocenters. The van der Waals surface area contributed by atoms with Gasteiger partial charge in [0.1, 0.15) is 4.90 Å². The number of pyridine rings is 1. The van der Waals surface area contributed by atoms with Crippen LogP contribution in [0.4, 0.5) is 11.5 Å². The van der Waals surface area contributed by atoms with Crippen molar-refractivity contribution in [2.45, 2.75) is 10.6 Å². The first kappa shape index (κ1) is 12.4. The third kappa shape index (κ3) is 2.98. The minimum Gasteiger partial charge on any atom is -0.396 e. The summed E-state index contributed by atoms with van der Waals surface area (Å²) >= 11 is 1.36. The molecule has 0 saturated heterocycles. The van der Waals surface area contributed by atoms with Crippen molar-refractivity contribution in [1.82, 2.24) is 4.98 Å². The zero-order valence-corrected chi connectivity index (χ0v) is 10.3. The molecule has 92 valence electrons. The largest absolute Gasteiger partial charge is 0.396 e. The monoisotopic (exact) mass is 261 g/mol. The molecule has 0 saturated carbocycles. The number of nitrogens with zero attached hydrogens (tertiary/aromatic N) is 2. The lowest BCUT2D eigenvalue weighted by Gasteiger charge is -2.03. The predicted molar refractivity (Wildman–Crippen MR) is 71.3 cm³/mol. The smallest absolute Gasteiger partial charge is 0.377 e. The van der Waals surface area contributed by atoms with E-state index in [4.69, 9.17) is 5.73 Å². The van der Waals surface area contributed by atoms with E-state index in [9.17, 15) is 10.1 Å². The van der Waals surface area contributed by atoms with E-state index >= 15 is 0 Å². The Morgan fingerprint density at radius 2 is 2.06 bits per heavy atom. The van der Waals surface area contributed by atoms with Crippen molar-refractivity contribution in [1.29, 1.82) is 0 Å². The molecule has 0 bridgehead atoms. The van der Waals surface area contributed by atoms with Crippen LogP contribution in [0.3, 0.4) is 0 Å². The number of benzene rings is 1. The van der Waals surface area contributed by atoms with Crippen LogP contribution in [-0.4, -0.2) is 9.91 Å². The van der Waals surface area contributed by atoms with Gasteiger partial charge in [-0.2, -0.15) is 0 Å². The summed E-state index contributed by atoms with van der Waals surface area (Å²) in [6.07, 6.45) is 1.30. The average Bonchev–Trinajstić information content (AvgIpc) is 2.37. The molecule has 6 heteroatoms. The molecule has 0 unspecified atom stereocenters. The van der Waals surface area contributed by atoms with Crippen LogP contribution in [0.1, 0.15) is 5.56 Å². The van der Waals surface area contributed by atoms with Gasteiger partial charge in [-0.05, 0) is 21.5 Å². The molecule has 0 fully saturated rings. The van der Waals surface area contributed by atoms with Crippen LogP contribution in [0.5, 0.6) is 0 Å². The number of nitrogens with two attached hydrogens (primary N) is 1. The third-order valence-electron chi connectivity index (χ3n) is 2.26. The Labute approximate surface area is 108 Å². The van der Waals surface area contributed by atoms with E-state index in [0.29, 0.717) is 16.3 Å². The van der Waals surface area contributed by atoms with Crippen molar-refractivity contribution in [3.63, 3.8) is 0 Å². The summed E-state index contributed by atoms with van der Waals surface area (Å²) in [4.78, 5) is 14.6. The quantitative estimate of drug-likeness (QED) is 0.520. The number of rotatable bonds is 4. The van der Waals surface area contributed by atoms with Crippen molar-refractivity contribution in [2.75, 3.05) is 5.73 Å². The molecule has 0 aliphatic heterocycles. The Hall–Kier alpha value is -2.08. The lowest BCUT2D eigenvalue weighted by atomic mass is 10.2. The zero-order valence-electron chi connectivity index (χ0n) is 9.45. The molecule has 2 N–H and O–H groups in total. The number of anilines is 1. The van der Waals surface area contributed by atoms with Gasteiger partial charge in [0, 0.05) is 5.75 Å². The van der Waals surface area contributed by atoms with Crippen LogP contribution < -0.4 is 5.73 Å². The van der Waals surface area contributed by atoms with Crippen molar-refractivity contribution in [2.24, 2.45) is 0 Å². The van der Waals surface area contributed by atoms with Crippen LogP contribution in [0.15, 0.2) is 47.5 Å². The van der Waals surface area contributed by atoms with E-state index in [1.54, 1.807) is 6.07 Å². The summed E-state index contributed by atoms with van der Waals surface area (Å²) in [5.41, 5.74) is 7.12. The maximum atomic E-state index is 10.8. The van der Waals surface area contributed by atoms with Gasteiger partial charge in [0.25, 0.3) is 0 Å². The lowest BCUT2D eigenvalue weighted by Crippen LogP contribution is -1.97. The Morgan fingerprint density at radius 1 is 1.33 bits per heavy atom. The Bertz CT molecular complexity index is 561. The molecule has 0 radical (unpaired) electrons. The summed E-state index contributed by atoms with van der Waals surface area (Å²) in [7, 11) is 0. The highest BCUT2D eigenvalue weighted by molar-refractivity contribution is 7.98. The lowest BCUT2D eigenvalue weighted by molar-refractivity contribution is -0.392. The molecule has 0 aliphatic rings. The van der Waals surface area contributed by atoms with Crippen molar-refractivity contribution in [3.05, 3.63) is 58.3 Å². The van der Waals surface area contributed by atoms with E-state index in [1.165, 1.54) is 18.0 Å². The van der Waals surface area contributed by atoms with E-state index in [1.807, 2.05) is 30.3 Å². The highest BCUT2D eigenvalue weighted by Crippen LogP contribution is 2.31. The molecular formula is C12H11N3O2S. The molecule has 0 aliphatic carbocycles. The Balaban J connectivity index is 2.18. The maximum Gasteiger partial charge on any atom is 0.377 e. The van der Waals surface area contributed by atoms with Gasteiger partial charge < -0.3 is 15.8 Å². The maximum absolute atomic E-state index is 10.8. The van der Waals surface area contributed by atoms with Crippen LogP contribution in [0, 0.1) is 10.1 Å². The first-order valence-corrected chi connectivity index (χ1v) is 6.22. The molecule has 0 spiro atoms. The number of hydrogen-bond donors (Lipinski definition) is 1. The second-order valence-electron chi connectivity index (χ2n) is 3.62. The minimum atomic E-state index is -0.493. The van der Waals surface area contributed by atoms with E-state index in [0.717, 1.165) is 5.56 Å². The third-order valence-corrected chi connectivity index (χ3v) is 3.35. The van der Waals surface area contributed by atoms with Gasteiger partial charge in [-0.3, -0.25) is 0 Å². The first-order chi connectivity index (χ1) is 8.66. The topological polar surface area (TPSA) is 82.0 Å². The summed E-state index contributed by atoms with van der Waals surface area (Å²) in [6.45, 7) is 0. The van der Waals surface area contributed by atoms with E-state index in [-0.39, 0.29) is 5.82 Å². The van der Waals surface area contributed by atoms with Gasteiger partial charge in [0.15, 0.2) is 6.20 Å². The Morgan fingerprint density at radius 3 is 2.72 bits per heavy atom. The highest BCUT2D eigenvalue weighted by atomic mass is 32.2. The SMILES string of the molecule is Nc1cnc([N+](=O)[O-])c(SCc2ccccc2)c1. The van der Waals surface area contributed by atoms with E-state index < -0.39 is 4.92 Å².